The van der Waals surface area contributed by atoms with Gasteiger partial charge in [0.05, 0.1) is 6.54 Å². The molecule has 0 bridgehead atoms. The first-order chi connectivity index (χ1) is 10.5. The minimum atomic E-state index is -0.0929. The van der Waals surface area contributed by atoms with E-state index >= 15 is 0 Å². The number of rotatable bonds is 4. The Labute approximate surface area is 133 Å². The van der Waals surface area contributed by atoms with E-state index in [4.69, 9.17) is 0 Å². The Morgan fingerprint density at radius 3 is 2.55 bits per heavy atom. The average Bonchev–Trinajstić information content (AvgIpc) is 2.45. The summed E-state index contributed by atoms with van der Waals surface area (Å²) in [6.45, 7) is 8.63. The van der Waals surface area contributed by atoms with Crippen LogP contribution in [0.25, 0.3) is 0 Å². The van der Waals surface area contributed by atoms with Crippen molar-refractivity contribution >= 4 is 17.3 Å². The number of nitrogens with one attached hydrogen (secondary N) is 2. The number of hydrogen-bond donors (Lipinski definition) is 2. The van der Waals surface area contributed by atoms with Crippen molar-refractivity contribution in [2.24, 2.45) is 11.0 Å². The highest BCUT2D eigenvalue weighted by atomic mass is 16.2. The van der Waals surface area contributed by atoms with Gasteiger partial charge in [0.25, 0.3) is 5.91 Å². The van der Waals surface area contributed by atoms with Crippen LogP contribution < -0.4 is 10.7 Å². The van der Waals surface area contributed by atoms with Crippen molar-refractivity contribution < 1.29 is 4.79 Å². The molecule has 0 heterocycles. The Bertz CT molecular complexity index is 555. The molecule has 4 nitrogen and oxygen atoms in total. The van der Waals surface area contributed by atoms with E-state index in [1.54, 1.807) is 0 Å². The standard InChI is InChI=1S/C18H27N3O/c1-12-9-14(3)18(15(4)10-12)19-11-17(22)21-20-16-8-6-5-7-13(16)2/h9-10,13,19H,5-8,11H2,1-4H3,(H,21,22)/b20-16-/t13-/m0/s1. The smallest absolute Gasteiger partial charge is 0.259 e. The van der Waals surface area contributed by atoms with Crippen molar-refractivity contribution in [3.63, 3.8) is 0 Å². The van der Waals surface area contributed by atoms with E-state index in [1.165, 1.54) is 24.8 Å². The lowest BCUT2D eigenvalue weighted by atomic mass is 9.89. The first-order valence-corrected chi connectivity index (χ1v) is 8.14. The number of carbonyl (C=O) groups excluding carboxylic acids is 1. The van der Waals surface area contributed by atoms with E-state index < -0.39 is 0 Å². The molecule has 2 rings (SSSR count). The van der Waals surface area contributed by atoms with Gasteiger partial charge in [-0.1, -0.05) is 31.0 Å². The van der Waals surface area contributed by atoms with Gasteiger partial charge in [0.2, 0.25) is 0 Å². The highest BCUT2D eigenvalue weighted by Crippen LogP contribution is 2.22. The van der Waals surface area contributed by atoms with Crippen molar-refractivity contribution in [2.45, 2.75) is 53.4 Å². The van der Waals surface area contributed by atoms with Gasteiger partial charge in [-0.05, 0) is 57.1 Å². The lowest BCUT2D eigenvalue weighted by Crippen LogP contribution is -2.29. The summed E-state index contributed by atoms with van der Waals surface area (Å²) < 4.78 is 0. The summed E-state index contributed by atoms with van der Waals surface area (Å²) in [5.41, 5.74) is 8.43. The molecule has 0 aliphatic heterocycles. The van der Waals surface area contributed by atoms with Crippen LogP contribution >= 0.6 is 0 Å². The van der Waals surface area contributed by atoms with Crippen molar-refractivity contribution in [1.82, 2.24) is 5.43 Å². The predicted molar refractivity (Wildman–Crippen MR) is 92.4 cm³/mol. The third-order valence-electron chi connectivity index (χ3n) is 4.32. The zero-order valence-electron chi connectivity index (χ0n) is 14.1. The van der Waals surface area contributed by atoms with Crippen LogP contribution in [0.5, 0.6) is 0 Å². The molecule has 2 N–H and O–H groups in total. The summed E-state index contributed by atoms with van der Waals surface area (Å²) in [5, 5.41) is 7.54. The molecule has 1 aliphatic carbocycles. The van der Waals surface area contributed by atoms with E-state index in [0.717, 1.165) is 28.9 Å². The molecule has 1 aromatic carbocycles. The molecular weight excluding hydrogens is 274 g/mol. The minimum Gasteiger partial charge on any atom is -0.376 e. The molecule has 1 aromatic rings. The predicted octanol–water partition coefficient (Wildman–Crippen LogP) is 3.71. The molecule has 0 unspecified atom stereocenters. The van der Waals surface area contributed by atoms with Crippen molar-refractivity contribution in [2.75, 3.05) is 11.9 Å². The fourth-order valence-corrected chi connectivity index (χ4v) is 3.14. The number of hydrogen-bond acceptors (Lipinski definition) is 3. The van der Waals surface area contributed by atoms with Crippen molar-refractivity contribution in [1.29, 1.82) is 0 Å². The van der Waals surface area contributed by atoms with Crippen LogP contribution in [0.2, 0.25) is 0 Å². The third kappa shape index (κ3) is 4.33. The number of nitrogens with zero attached hydrogens (tertiary/aromatic N) is 1. The van der Waals surface area contributed by atoms with Crippen molar-refractivity contribution in [3.05, 3.63) is 28.8 Å². The summed E-state index contributed by atoms with van der Waals surface area (Å²) in [7, 11) is 0. The first-order valence-electron chi connectivity index (χ1n) is 8.14. The fraction of sp³-hybridized carbons (Fsp3) is 0.556. The van der Waals surface area contributed by atoms with Gasteiger partial charge >= 0.3 is 0 Å². The average molecular weight is 301 g/mol. The van der Waals surface area contributed by atoms with Crippen LogP contribution in [0.3, 0.4) is 0 Å². The summed E-state index contributed by atoms with van der Waals surface area (Å²) >= 11 is 0. The van der Waals surface area contributed by atoms with Gasteiger partial charge in [-0.2, -0.15) is 5.10 Å². The van der Waals surface area contributed by atoms with Gasteiger partial charge in [-0.3, -0.25) is 4.79 Å². The lowest BCUT2D eigenvalue weighted by molar-refractivity contribution is -0.119. The normalized spacial score (nSPS) is 20.0. The lowest BCUT2D eigenvalue weighted by Gasteiger charge is -2.20. The summed E-state index contributed by atoms with van der Waals surface area (Å²) in [6, 6.07) is 4.24. The van der Waals surface area contributed by atoms with E-state index in [2.05, 4.69) is 55.7 Å². The molecule has 1 fully saturated rings. The van der Waals surface area contributed by atoms with Crippen molar-refractivity contribution in [3.8, 4) is 0 Å². The van der Waals surface area contributed by atoms with Gasteiger partial charge in [0.1, 0.15) is 0 Å². The molecule has 22 heavy (non-hydrogen) atoms. The maximum Gasteiger partial charge on any atom is 0.259 e. The molecule has 1 amide bonds. The third-order valence-corrected chi connectivity index (χ3v) is 4.32. The van der Waals surface area contributed by atoms with Crippen LogP contribution in [0, 0.1) is 26.7 Å². The second-order valence-corrected chi connectivity index (χ2v) is 6.41. The molecule has 0 aromatic heterocycles. The van der Waals surface area contributed by atoms with Crippen LogP contribution in [0.1, 0.15) is 49.3 Å². The Morgan fingerprint density at radius 1 is 1.23 bits per heavy atom. The number of anilines is 1. The maximum absolute atomic E-state index is 12.0. The summed E-state index contributed by atoms with van der Waals surface area (Å²) in [4.78, 5) is 12.0. The molecule has 0 saturated heterocycles. The van der Waals surface area contributed by atoms with E-state index in [0.29, 0.717) is 5.92 Å². The highest BCUT2D eigenvalue weighted by Gasteiger charge is 2.16. The number of hydrazone groups is 1. The largest absolute Gasteiger partial charge is 0.376 e. The number of benzene rings is 1. The van der Waals surface area contributed by atoms with Crippen LogP contribution in [-0.2, 0) is 4.79 Å². The molecule has 120 valence electrons. The second-order valence-electron chi connectivity index (χ2n) is 6.41. The Morgan fingerprint density at radius 2 is 1.91 bits per heavy atom. The van der Waals surface area contributed by atoms with Crippen LogP contribution in [-0.4, -0.2) is 18.2 Å². The Balaban J connectivity index is 1.89. The van der Waals surface area contributed by atoms with Gasteiger partial charge in [0, 0.05) is 11.4 Å². The molecule has 1 aliphatic rings. The van der Waals surface area contributed by atoms with Gasteiger partial charge in [-0.25, -0.2) is 5.43 Å². The molecule has 1 saturated carbocycles. The number of aryl methyl sites for hydroxylation is 3. The number of carbonyl (C=O) groups is 1. The van der Waals surface area contributed by atoms with Gasteiger partial charge < -0.3 is 5.32 Å². The van der Waals surface area contributed by atoms with E-state index in [1.807, 2.05) is 0 Å². The molecule has 0 spiro atoms. The highest BCUT2D eigenvalue weighted by molar-refractivity contribution is 5.89. The Kier molecular flexibility index (Phi) is 5.58. The summed E-state index contributed by atoms with van der Waals surface area (Å²) in [5.74, 6) is 0.397. The van der Waals surface area contributed by atoms with Gasteiger partial charge in [-0.15, -0.1) is 0 Å². The van der Waals surface area contributed by atoms with E-state index in [-0.39, 0.29) is 12.5 Å². The molecular formula is C18H27N3O. The quantitative estimate of drug-likeness (QED) is 0.833. The summed E-state index contributed by atoms with van der Waals surface area (Å²) in [6.07, 6.45) is 4.63. The fourth-order valence-electron chi connectivity index (χ4n) is 3.14. The van der Waals surface area contributed by atoms with Crippen LogP contribution in [0.4, 0.5) is 5.69 Å². The monoisotopic (exact) mass is 301 g/mol. The SMILES string of the molecule is Cc1cc(C)c(NCC(=O)N/N=C2/CCCC[C@@H]2C)c(C)c1. The van der Waals surface area contributed by atoms with Crippen LogP contribution in [0.15, 0.2) is 17.2 Å². The molecule has 0 radical (unpaired) electrons. The second kappa shape index (κ2) is 7.43. The first kappa shape index (κ1) is 16.5. The molecule has 4 heteroatoms. The minimum absolute atomic E-state index is 0.0929. The topological polar surface area (TPSA) is 53.5 Å². The number of amides is 1. The maximum atomic E-state index is 12.0. The molecule has 1 atom stereocenters. The zero-order valence-corrected chi connectivity index (χ0v) is 14.1. The van der Waals surface area contributed by atoms with Gasteiger partial charge in [0.15, 0.2) is 0 Å². The zero-order chi connectivity index (χ0) is 16.1. The Hall–Kier alpha value is -1.84. The van der Waals surface area contributed by atoms with E-state index in [9.17, 15) is 4.79 Å².